The Labute approximate surface area is 111 Å². The van der Waals surface area contributed by atoms with Crippen molar-refractivity contribution < 1.29 is 14.3 Å². The summed E-state index contributed by atoms with van der Waals surface area (Å²) in [5.41, 5.74) is 1.25. The first-order chi connectivity index (χ1) is 9.22. The standard InChI is InChI=1S/C12H7N3O3S/c16-12(17)8-2-4-10(18-8)19-9-3-1-7-11(15-9)14-6-5-13-7/h1-6H,(H,16,17). The van der Waals surface area contributed by atoms with Gasteiger partial charge in [0.1, 0.15) is 10.5 Å². The van der Waals surface area contributed by atoms with Crippen LogP contribution < -0.4 is 0 Å². The molecule has 0 fully saturated rings. The second kappa shape index (κ2) is 4.69. The van der Waals surface area contributed by atoms with Crippen molar-refractivity contribution in [2.45, 2.75) is 10.1 Å². The predicted octanol–water partition coefficient (Wildman–Crippen LogP) is 2.47. The summed E-state index contributed by atoms with van der Waals surface area (Å²) in [7, 11) is 0. The third-order valence-electron chi connectivity index (χ3n) is 2.30. The zero-order valence-corrected chi connectivity index (χ0v) is 10.3. The molecular formula is C12H7N3O3S. The highest BCUT2D eigenvalue weighted by molar-refractivity contribution is 7.99. The Balaban J connectivity index is 1.89. The lowest BCUT2D eigenvalue weighted by atomic mass is 10.4. The van der Waals surface area contributed by atoms with Gasteiger partial charge in [-0.1, -0.05) is 0 Å². The second-order valence-electron chi connectivity index (χ2n) is 3.57. The molecule has 3 rings (SSSR count). The number of pyridine rings is 1. The number of carbonyl (C=O) groups is 1. The number of furan rings is 1. The molecule has 0 radical (unpaired) electrons. The van der Waals surface area contributed by atoms with Gasteiger partial charge in [0, 0.05) is 12.4 Å². The van der Waals surface area contributed by atoms with Crippen molar-refractivity contribution in [3.05, 3.63) is 42.4 Å². The summed E-state index contributed by atoms with van der Waals surface area (Å²) in [4.78, 5) is 23.2. The van der Waals surface area contributed by atoms with Crippen LogP contribution in [0.1, 0.15) is 10.6 Å². The summed E-state index contributed by atoms with van der Waals surface area (Å²) in [5.74, 6) is -1.19. The molecule has 0 unspecified atom stereocenters. The molecule has 3 aromatic heterocycles. The highest BCUT2D eigenvalue weighted by Crippen LogP contribution is 2.28. The average molecular weight is 273 g/mol. The van der Waals surface area contributed by atoms with Gasteiger partial charge in [0.25, 0.3) is 0 Å². The molecule has 0 atom stereocenters. The van der Waals surface area contributed by atoms with Crippen molar-refractivity contribution in [3.8, 4) is 0 Å². The summed E-state index contributed by atoms with van der Waals surface area (Å²) in [6, 6.07) is 6.59. The van der Waals surface area contributed by atoms with Crippen molar-refractivity contribution in [3.63, 3.8) is 0 Å². The SMILES string of the molecule is O=C(O)c1ccc(Sc2ccc3nccnc3n2)o1. The van der Waals surface area contributed by atoms with Gasteiger partial charge in [-0.25, -0.2) is 14.8 Å². The lowest BCUT2D eigenvalue weighted by molar-refractivity contribution is 0.0656. The zero-order chi connectivity index (χ0) is 13.2. The van der Waals surface area contributed by atoms with Crippen molar-refractivity contribution >= 4 is 28.9 Å². The first kappa shape index (κ1) is 11.7. The van der Waals surface area contributed by atoms with E-state index in [-0.39, 0.29) is 5.76 Å². The van der Waals surface area contributed by atoms with Gasteiger partial charge in [-0.05, 0) is 36.0 Å². The number of nitrogens with zero attached hydrogens (tertiary/aromatic N) is 3. The Bertz CT molecular complexity index is 757. The molecule has 0 bridgehead atoms. The number of fused-ring (bicyclic) bond motifs is 1. The number of aromatic nitrogens is 3. The maximum Gasteiger partial charge on any atom is 0.371 e. The average Bonchev–Trinajstić information content (AvgIpc) is 2.87. The Morgan fingerprint density at radius 1 is 1.16 bits per heavy atom. The Hall–Kier alpha value is -2.41. The summed E-state index contributed by atoms with van der Waals surface area (Å²) in [5, 5.41) is 9.90. The third kappa shape index (κ3) is 2.41. The Morgan fingerprint density at radius 3 is 2.79 bits per heavy atom. The quantitative estimate of drug-likeness (QED) is 0.783. The number of hydrogen-bond acceptors (Lipinski definition) is 6. The minimum absolute atomic E-state index is 0.0944. The first-order valence-corrected chi connectivity index (χ1v) is 6.13. The fourth-order valence-electron chi connectivity index (χ4n) is 1.49. The van der Waals surface area contributed by atoms with Gasteiger partial charge in [0.2, 0.25) is 5.76 Å². The van der Waals surface area contributed by atoms with Crippen LogP contribution in [-0.2, 0) is 0 Å². The number of carboxylic acids is 1. The molecule has 6 nitrogen and oxygen atoms in total. The van der Waals surface area contributed by atoms with Gasteiger partial charge in [-0.2, -0.15) is 0 Å². The van der Waals surface area contributed by atoms with Crippen molar-refractivity contribution in [2.24, 2.45) is 0 Å². The van der Waals surface area contributed by atoms with E-state index >= 15 is 0 Å². The highest BCUT2D eigenvalue weighted by atomic mass is 32.2. The highest BCUT2D eigenvalue weighted by Gasteiger charge is 2.10. The number of carboxylic acid groups (broad SMARTS) is 1. The molecule has 0 aliphatic carbocycles. The van der Waals surface area contributed by atoms with E-state index in [9.17, 15) is 4.79 Å². The lowest BCUT2D eigenvalue weighted by Crippen LogP contribution is -1.91. The smallest absolute Gasteiger partial charge is 0.371 e. The molecule has 0 saturated carbocycles. The van der Waals surface area contributed by atoms with E-state index in [2.05, 4.69) is 15.0 Å². The molecule has 1 N–H and O–H groups in total. The summed E-state index contributed by atoms with van der Waals surface area (Å²) < 4.78 is 5.15. The van der Waals surface area contributed by atoms with Crippen molar-refractivity contribution in [1.82, 2.24) is 15.0 Å². The van der Waals surface area contributed by atoms with E-state index in [1.165, 1.54) is 17.8 Å². The molecule has 0 amide bonds. The maximum atomic E-state index is 10.7. The maximum absolute atomic E-state index is 10.7. The molecular weight excluding hydrogens is 266 g/mol. The summed E-state index contributed by atoms with van der Waals surface area (Å²) >= 11 is 1.23. The largest absolute Gasteiger partial charge is 0.475 e. The molecule has 19 heavy (non-hydrogen) atoms. The van der Waals surface area contributed by atoms with Crippen LogP contribution in [0.2, 0.25) is 0 Å². The van der Waals surface area contributed by atoms with E-state index in [4.69, 9.17) is 9.52 Å². The molecule has 3 aromatic rings. The Morgan fingerprint density at radius 2 is 2.00 bits per heavy atom. The number of aromatic carboxylic acids is 1. The van der Waals surface area contributed by atoms with Gasteiger partial charge >= 0.3 is 5.97 Å². The van der Waals surface area contributed by atoms with Crippen LogP contribution in [0, 0.1) is 0 Å². The van der Waals surface area contributed by atoms with Gasteiger partial charge in [-0.15, -0.1) is 0 Å². The van der Waals surface area contributed by atoms with E-state index in [0.29, 0.717) is 21.3 Å². The Kier molecular flexibility index (Phi) is 2.88. The molecule has 94 valence electrons. The van der Waals surface area contributed by atoms with E-state index in [1.807, 2.05) is 0 Å². The normalized spacial score (nSPS) is 10.7. The number of rotatable bonds is 3. The van der Waals surface area contributed by atoms with E-state index in [1.54, 1.807) is 30.6 Å². The molecule has 0 aliphatic heterocycles. The lowest BCUT2D eigenvalue weighted by Gasteiger charge is -1.99. The van der Waals surface area contributed by atoms with Crippen LogP contribution in [0.5, 0.6) is 0 Å². The molecule has 3 heterocycles. The van der Waals surface area contributed by atoms with Crippen LogP contribution in [-0.4, -0.2) is 26.0 Å². The molecule has 7 heteroatoms. The van der Waals surface area contributed by atoms with Crippen molar-refractivity contribution in [1.29, 1.82) is 0 Å². The topological polar surface area (TPSA) is 89.1 Å². The fourth-order valence-corrected chi connectivity index (χ4v) is 2.23. The third-order valence-corrected chi connectivity index (χ3v) is 3.16. The van der Waals surface area contributed by atoms with E-state index in [0.717, 1.165) is 0 Å². The molecule has 0 spiro atoms. The summed E-state index contributed by atoms with van der Waals surface area (Å²) in [6.07, 6.45) is 3.17. The molecule has 0 aromatic carbocycles. The van der Waals surface area contributed by atoms with Crippen LogP contribution in [0.4, 0.5) is 0 Å². The molecule has 0 saturated heterocycles. The monoisotopic (exact) mass is 273 g/mol. The van der Waals surface area contributed by atoms with Gasteiger partial charge in [0.05, 0.1) is 0 Å². The summed E-state index contributed by atoms with van der Waals surface area (Å²) in [6.45, 7) is 0. The van der Waals surface area contributed by atoms with Crippen LogP contribution >= 0.6 is 11.8 Å². The first-order valence-electron chi connectivity index (χ1n) is 5.31. The van der Waals surface area contributed by atoms with Crippen LogP contribution in [0.15, 0.2) is 51.2 Å². The van der Waals surface area contributed by atoms with Gasteiger partial charge in [-0.3, -0.25) is 4.98 Å². The second-order valence-corrected chi connectivity index (χ2v) is 4.60. The van der Waals surface area contributed by atoms with Crippen LogP contribution in [0.3, 0.4) is 0 Å². The van der Waals surface area contributed by atoms with Gasteiger partial charge < -0.3 is 9.52 Å². The fraction of sp³-hybridized carbons (Fsp3) is 0. The minimum atomic E-state index is -1.09. The zero-order valence-electron chi connectivity index (χ0n) is 9.48. The predicted molar refractivity (Wildman–Crippen MR) is 67.1 cm³/mol. The van der Waals surface area contributed by atoms with Crippen molar-refractivity contribution in [2.75, 3.05) is 0 Å². The van der Waals surface area contributed by atoms with E-state index < -0.39 is 5.97 Å². The molecule has 0 aliphatic rings. The van der Waals surface area contributed by atoms with Crippen LogP contribution in [0.25, 0.3) is 11.2 Å². The van der Waals surface area contributed by atoms with Gasteiger partial charge in [0.15, 0.2) is 10.7 Å². The number of hydrogen-bond donors (Lipinski definition) is 1. The minimum Gasteiger partial charge on any atom is -0.475 e.